The maximum atomic E-state index is 12.2. The zero-order valence-electron chi connectivity index (χ0n) is 13.7. The third-order valence-corrected chi connectivity index (χ3v) is 5.12. The van der Waals surface area contributed by atoms with Gasteiger partial charge in [-0.15, -0.1) is 0 Å². The molecule has 3 rings (SSSR count). The van der Waals surface area contributed by atoms with Gasteiger partial charge in [-0.2, -0.15) is 5.10 Å². The minimum atomic E-state index is 0.0294. The number of aryl methyl sites for hydroxylation is 1. The van der Waals surface area contributed by atoms with Crippen molar-refractivity contribution in [3.63, 3.8) is 0 Å². The lowest BCUT2D eigenvalue weighted by atomic mass is 10.0. The SMILES string of the molecule is Cc1nn(-c2ccc(Cl)c(Cl)c2)c(C)c1CC(=O)NCC1CNC1. The van der Waals surface area contributed by atoms with Gasteiger partial charge in [0.1, 0.15) is 0 Å². The van der Waals surface area contributed by atoms with E-state index in [1.807, 2.05) is 19.9 Å². The Morgan fingerprint density at radius 2 is 2.08 bits per heavy atom. The Morgan fingerprint density at radius 3 is 2.71 bits per heavy atom. The van der Waals surface area contributed by atoms with Gasteiger partial charge in [0.15, 0.2) is 0 Å². The first kappa shape index (κ1) is 17.3. The summed E-state index contributed by atoms with van der Waals surface area (Å²) in [6.45, 7) is 6.56. The molecule has 0 unspecified atom stereocenters. The number of carbonyl (C=O) groups is 1. The highest BCUT2D eigenvalue weighted by Gasteiger charge is 2.19. The monoisotopic (exact) mass is 366 g/mol. The van der Waals surface area contributed by atoms with Crippen LogP contribution in [0.5, 0.6) is 0 Å². The summed E-state index contributed by atoms with van der Waals surface area (Å²) in [6, 6.07) is 5.38. The number of rotatable bonds is 5. The van der Waals surface area contributed by atoms with E-state index < -0.39 is 0 Å². The minimum Gasteiger partial charge on any atom is -0.355 e. The smallest absolute Gasteiger partial charge is 0.224 e. The average Bonchev–Trinajstić information content (AvgIpc) is 2.77. The van der Waals surface area contributed by atoms with E-state index in [-0.39, 0.29) is 5.91 Å². The van der Waals surface area contributed by atoms with Crippen molar-refractivity contribution in [1.29, 1.82) is 0 Å². The Balaban J connectivity index is 1.75. The number of benzene rings is 1. The lowest BCUT2D eigenvalue weighted by Gasteiger charge is -2.27. The van der Waals surface area contributed by atoms with Crippen LogP contribution in [0.3, 0.4) is 0 Å². The Kier molecular flexibility index (Phi) is 5.13. The zero-order chi connectivity index (χ0) is 17.3. The van der Waals surface area contributed by atoms with Crippen LogP contribution in [0.1, 0.15) is 17.0 Å². The molecule has 7 heteroatoms. The molecule has 1 aliphatic rings. The fourth-order valence-electron chi connectivity index (χ4n) is 2.77. The van der Waals surface area contributed by atoms with Crippen LogP contribution in [-0.2, 0) is 11.2 Å². The van der Waals surface area contributed by atoms with Crippen LogP contribution in [0.4, 0.5) is 0 Å². The molecule has 0 saturated carbocycles. The molecule has 1 saturated heterocycles. The van der Waals surface area contributed by atoms with Gasteiger partial charge in [0, 0.05) is 36.8 Å². The number of hydrogen-bond acceptors (Lipinski definition) is 3. The zero-order valence-corrected chi connectivity index (χ0v) is 15.2. The van der Waals surface area contributed by atoms with Gasteiger partial charge in [-0.3, -0.25) is 4.79 Å². The molecule has 1 aliphatic heterocycles. The van der Waals surface area contributed by atoms with Crippen molar-refractivity contribution in [3.8, 4) is 5.69 Å². The van der Waals surface area contributed by atoms with Gasteiger partial charge in [-0.1, -0.05) is 23.2 Å². The summed E-state index contributed by atoms with van der Waals surface area (Å²) in [4.78, 5) is 12.2. The van der Waals surface area contributed by atoms with Gasteiger partial charge < -0.3 is 10.6 Å². The van der Waals surface area contributed by atoms with Crippen LogP contribution in [0.15, 0.2) is 18.2 Å². The van der Waals surface area contributed by atoms with Crippen LogP contribution < -0.4 is 10.6 Å². The van der Waals surface area contributed by atoms with Crippen molar-refractivity contribution in [2.24, 2.45) is 5.92 Å². The van der Waals surface area contributed by atoms with E-state index in [2.05, 4.69) is 15.7 Å². The molecular formula is C17H20Cl2N4O. The molecule has 2 aromatic rings. The van der Waals surface area contributed by atoms with E-state index in [9.17, 15) is 4.79 Å². The first-order chi connectivity index (χ1) is 11.5. The number of amides is 1. The van der Waals surface area contributed by atoms with Crippen molar-refractivity contribution in [2.45, 2.75) is 20.3 Å². The predicted octanol–water partition coefficient (Wildman–Crippen LogP) is 2.67. The van der Waals surface area contributed by atoms with Crippen LogP contribution in [-0.4, -0.2) is 35.3 Å². The third-order valence-electron chi connectivity index (χ3n) is 4.38. The molecule has 128 valence electrons. The van der Waals surface area contributed by atoms with Crippen LogP contribution in [0, 0.1) is 19.8 Å². The molecule has 0 radical (unpaired) electrons. The highest BCUT2D eigenvalue weighted by molar-refractivity contribution is 6.42. The second-order valence-corrected chi connectivity index (χ2v) is 6.98. The lowest BCUT2D eigenvalue weighted by Crippen LogP contribution is -2.48. The van der Waals surface area contributed by atoms with Gasteiger partial charge in [0.25, 0.3) is 0 Å². The third kappa shape index (κ3) is 3.58. The van der Waals surface area contributed by atoms with Gasteiger partial charge in [-0.05, 0) is 32.0 Å². The highest BCUT2D eigenvalue weighted by atomic mass is 35.5. The fraction of sp³-hybridized carbons (Fsp3) is 0.412. The maximum absolute atomic E-state index is 12.2. The lowest BCUT2D eigenvalue weighted by molar-refractivity contribution is -0.120. The van der Waals surface area contributed by atoms with Gasteiger partial charge in [-0.25, -0.2) is 4.68 Å². The normalized spacial score (nSPS) is 14.5. The second-order valence-electron chi connectivity index (χ2n) is 6.16. The predicted molar refractivity (Wildman–Crippen MR) is 96.1 cm³/mol. The van der Waals surface area contributed by atoms with Gasteiger partial charge in [0.2, 0.25) is 5.91 Å². The first-order valence-corrected chi connectivity index (χ1v) is 8.69. The summed E-state index contributed by atoms with van der Waals surface area (Å²) in [6.07, 6.45) is 0.332. The quantitative estimate of drug-likeness (QED) is 0.854. The summed E-state index contributed by atoms with van der Waals surface area (Å²) in [5.41, 5.74) is 3.56. The topological polar surface area (TPSA) is 59.0 Å². The van der Waals surface area contributed by atoms with Gasteiger partial charge >= 0.3 is 0 Å². The molecule has 0 atom stereocenters. The molecule has 2 N–H and O–H groups in total. The number of aromatic nitrogens is 2. The standard InChI is InChI=1S/C17H20Cl2N4O/c1-10-14(6-17(24)21-9-12-7-20-8-12)11(2)23(22-10)13-3-4-15(18)16(19)5-13/h3-5,12,20H,6-9H2,1-2H3,(H,21,24). The number of hydrogen-bond donors (Lipinski definition) is 2. The van der Waals surface area contributed by atoms with Gasteiger partial charge in [0.05, 0.1) is 27.8 Å². The van der Waals surface area contributed by atoms with Crippen molar-refractivity contribution in [1.82, 2.24) is 20.4 Å². The molecule has 24 heavy (non-hydrogen) atoms. The molecule has 0 aliphatic carbocycles. The minimum absolute atomic E-state index is 0.0294. The second kappa shape index (κ2) is 7.13. The summed E-state index contributed by atoms with van der Waals surface area (Å²) in [5, 5.41) is 11.7. The highest BCUT2D eigenvalue weighted by Crippen LogP contribution is 2.26. The van der Waals surface area contributed by atoms with Crippen LogP contribution in [0.25, 0.3) is 5.69 Å². The summed E-state index contributed by atoms with van der Waals surface area (Å²) in [7, 11) is 0. The molecule has 0 bridgehead atoms. The molecular weight excluding hydrogens is 347 g/mol. The van der Waals surface area contributed by atoms with Crippen molar-refractivity contribution >= 4 is 29.1 Å². The first-order valence-electron chi connectivity index (χ1n) is 7.93. The molecule has 1 aromatic heterocycles. The van der Waals surface area contributed by atoms with Crippen LogP contribution in [0.2, 0.25) is 10.0 Å². The van der Waals surface area contributed by atoms with E-state index in [1.165, 1.54) is 0 Å². The van der Waals surface area contributed by atoms with E-state index in [4.69, 9.17) is 23.2 Å². The molecule has 0 spiro atoms. The molecule has 1 amide bonds. The Labute approximate surface area is 151 Å². The van der Waals surface area contributed by atoms with Crippen LogP contribution >= 0.6 is 23.2 Å². The van der Waals surface area contributed by atoms with E-state index in [0.29, 0.717) is 22.4 Å². The van der Waals surface area contributed by atoms with Crippen molar-refractivity contribution < 1.29 is 4.79 Å². The summed E-state index contributed by atoms with van der Waals surface area (Å²) < 4.78 is 1.80. The Bertz CT molecular complexity index is 768. The molecule has 2 heterocycles. The van der Waals surface area contributed by atoms with E-state index >= 15 is 0 Å². The molecule has 1 aromatic carbocycles. The maximum Gasteiger partial charge on any atom is 0.224 e. The molecule has 1 fully saturated rings. The van der Waals surface area contributed by atoms with Crippen molar-refractivity contribution in [2.75, 3.05) is 19.6 Å². The number of nitrogens with zero attached hydrogens (tertiary/aromatic N) is 2. The van der Waals surface area contributed by atoms with E-state index in [1.54, 1.807) is 16.8 Å². The number of carbonyl (C=O) groups excluding carboxylic acids is 1. The number of halogens is 2. The fourth-order valence-corrected chi connectivity index (χ4v) is 3.07. The largest absolute Gasteiger partial charge is 0.355 e. The Morgan fingerprint density at radius 1 is 1.33 bits per heavy atom. The van der Waals surface area contributed by atoms with E-state index in [0.717, 1.165) is 42.3 Å². The van der Waals surface area contributed by atoms with Crippen molar-refractivity contribution in [3.05, 3.63) is 45.2 Å². The average molecular weight is 367 g/mol. The Hall–Kier alpha value is -1.56. The summed E-state index contributed by atoms with van der Waals surface area (Å²) in [5.74, 6) is 0.580. The molecule has 5 nitrogen and oxygen atoms in total. The summed E-state index contributed by atoms with van der Waals surface area (Å²) >= 11 is 12.1. The number of nitrogens with one attached hydrogen (secondary N) is 2.